The van der Waals surface area contributed by atoms with E-state index < -0.39 is 0 Å². The summed E-state index contributed by atoms with van der Waals surface area (Å²) in [5, 5.41) is 0. The number of benzene rings is 1. The zero-order valence-corrected chi connectivity index (χ0v) is 11.0. The topological polar surface area (TPSA) is 26.3 Å². The fourth-order valence-corrected chi connectivity index (χ4v) is 1.68. The highest BCUT2D eigenvalue weighted by molar-refractivity contribution is 6.10. The number of hydrogen-bond acceptors (Lipinski definition) is 2. The molecule has 0 amide bonds. The molecule has 0 aromatic heterocycles. The van der Waals surface area contributed by atoms with Crippen molar-refractivity contribution in [2.24, 2.45) is 0 Å². The van der Waals surface area contributed by atoms with Gasteiger partial charge in [0.05, 0.1) is 11.7 Å². The Morgan fingerprint density at radius 3 is 2.53 bits per heavy atom. The molecule has 0 spiro atoms. The highest BCUT2D eigenvalue weighted by atomic mass is 16.5. The van der Waals surface area contributed by atoms with E-state index in [0.29, 0.717) is 11.3 Å². The molecule has 2 nitrogen and oxygen atoms in total. The maximum absolute atomic E-state index is 12.3. The van der Waals surface area contributed by atoms with Crippen LogP contribution in [0.2, 0.25) is 0 Å². The van der Waals surface area contributed by atoms with Crippen molar-refractivity contribution < 1.29 is 9.53 Å². The summed E-state index contributed by atoms with van der Waals surface area (Å²) in [6.07, 6.45) is 2.68. The van der Waals surface area contributed by atoms with Crippen LogP contribution in [0.5, 0.6) is 5.75 Å². The normalized spacial score (nSPS) is 11.7. The molecule has 0 saturated heterocycles. The highest BCUT2D eigenvalue weighted by Gasteiger charge is 2.15. The Bertz CT molecular complexity index is 417. The van der Waals surface area contributed by atoms with Gasteiger partial charge in [0, 0.05) is 0 Å². The van der Waals surface area contributed by atoms with Gasteiger partial charge >= 0.3 is 0 Å². The second-order valence-corrected chi connectivity index (χ2v) is 4.16. The molecule has 0 fully saturated rings. The molecule has 1 aromatic rings. The van der Waals surface area contributed by atoms with Crippen LogP contribution in [0.1, 0.15) is 44.5 Å². The lowest BCUT2D eigenvalue weighted by atomic mass is 10.0. The number of carbonyl (C=O) groups excluding carboxylic acids is 1. The maximum atomic E-state index is 12.3. The molecule has 92 valence electrons. The predicted octanol–water partition coefficient (Wildman–Crippen LogP) is 4.01. The summed E-state index contributed by atoms with van der Waals surface area (Å²) in [5.74, 6) is 0.728. The number of allylic oxidation sites excluding steroid dienone is 2. The van der Waals surface area contributed by atoms with E-state index in [1.165, 1.54) is 0 Å². The van der Waals surface area contributed by atoms with Gasteiger partial charge in [0.25, 0.3) is 0 Å². The quantitative estimate of drug-likeness (QED) is 0.566. The maximum Gasteiger partial charge on any atom is 0.192 e. The smallest absolute Gasteiger partial charge is 0.192 e. The summed E-state index contributed by atoms with van der Waals surface area (Å²) in [7, 11) is 0. The van der Waals surface area contributed by atoms with Crippen LogP contribution in [0.25, 0.3) is 0 Å². The van der Waals surface area contributed by atoms with Crippen molar-refractivity contribution in [3.05, 3.63) is 41.5 Å². The summed E-state index contributed by atoms with van der Waals surface area (Å²) < 4.78 is 5.66. The monoisotopic (exact) mass is 232 g/mol. The lowest BCUT2D eigenvalue weighted by Gasteiger charge is -2.14. The minimum atomic E-state index is 0.0613. The molecule has 0 aliphatic rings. The lowest BCUT2D eigenvalue weighted by molar-refractivity contribution is 0.102. The molecule has 1 aromatic carbocycles. The van der Waals surface area contributed by atoms with E-state index >= 15 is 0 Å². The Labute approximate surface area is 103 Å². The third kappa shape index (κ3) is 3.45. The number of hydrogen-bond donors (Lipinski definition) is 0. The van der Waals surface area contributed by atoms with Gasteiger partial charge in [-0.1, -0.05) is 25.1 Å². The zero-order valence-electron chi connectivity index (χ0n) is 11.0. The molecule has 0 atom stereocenters. The van der Waals surface area contributed by atoms with Crippen molar-refractivity contribution in [3.63, 3.8) is 0 Å². The molecular weight excluding hydrogens is 212 g/mol. The molecular formula is C15H20O2. The molecule has 0 unspecified atom stereocenters. The van der Waals surface area contributed by atoms with Crippen molar-refractivity contribution in [3.8, 4) is 5.75 Å². The van der Waals surface area contributed by atoms with Gasteiger partial charge in [-0.15, -0.1) is 0 Å². The summed E-state index contributed by atoms with van der Waals surface area (Å²) in [4.78, 5) is 12.3. The van der Waals surface area contributed by atoms with Crippen molar-refractivity contribution in [2.45, 2.75) is 40.2 Å². The fourth-order valence-electron chi connectivity index (χ4n) is 1.68. The minimum absolute atomic E-state index is 0.0613. The van der Waals surface area contributed by atoms with Gasteiger partial charge < -0.3 is 4.74 Å². The minimum Gasteiger partial charge on any atom is -0.490 e. The molecule has 0 bridgehead atoms. The molecule has 0 radical (unpaired) electrons. The van der Waals surface area contributed by atoms with Crippen LogP contribution in [0, 0.1) is 0 Å². The van der Waals surface area contributed by atoms with E-state index in [1.54, 1.807) is 0 Å². The highest BCUT2D eigenvalue weighted by Crippen LogP contribution is 2.23. The summed E-state index contributed by atoms with van der Waals surface area (Å²) in [6, 6.07) is 7.41. The number of carbonyl (C=O) groups is 1. The van der Waals surface area contributed by atoms with Crippen LogP contribution < -0.4 is 4.74 Å². The first-order valence-electron chi connectivity index (χ1n) is 6.05. The fraction of sp³-hybridized carbons (Fsp3) is 0.400. The number of ketones is 1. The molecule has 0 aliphatic heterocycles. The standard InChI is InChI=1S/C15H20O2/c1-5-12(6-2)15(16)13-9-7-8-10-14(13)17-11(3)4/h5,7-11H,6H2,1-4H3/b12-5-. The van der Waals surface area contributed by atoms with Gasteiger partial charge in [0.15, 0.2) is 5.78 Å². The first-order chi connectivity index (χ1) is 8.10. The summed E-state index contributed by atoms with van der Waals surface area (Å²) in [5.41, 5.74) is 1.47. The van der Waals surface area contributed by atoms with Crippen molar-refractivity contribution in [1.29, 1.82) is 0 Å². The molecule has 0 heterocycles. The number of rotatable bonds is 5. The van der Waals surface area contributed by atoms with Crippen LogP contribution in [0.4, 0.5) is 0 Å². The molecule has 2 heteroatoms. The largest absolute Gasteiger partial charge is 0.490 e. The van der Waals surface area contributed by atoms with E-state index in [4.69, 9.17) is 4.74 Å². The second kappa shape index (κ2) is 6.24. The average Bonchev–Trinajstić information content (AvgIpc) is 2.30. The molecule has 0 saturated carbocycles. The number of Topliss-reactive ketones (excluding diaryl/α,β-unsaturated/α-hetero) is 1. The number of para-hydroxylation sites is 1. The first-order valence-corrected chi connectivity index (χ1v) is 6.05. The van der Waals surface area contributed by atoms with Gasteiger partial charge in [-0.3, -0.25) is 4.79 Å². The molecule has 1 rings (SSSR count). The van der Waals surface area contributed by atoms with Crippen molar-refractivity contribution in [2.75, 3.05) is 0 Å². The van der Waals surface area contributed by atoms with E-state index in [0.717, 1.165) is 12.0 Å². The summed E-state index contributed by atoms with van der Waals surface area (Å²) >= 11 is 0. The van der Waals surface area contributed by atoms with E-state index in [1.807, 2.05) is 58.0 Å². The van der Waals surface area contributed by atoms with Crippen LogP contribution >= 0.6 is 0 Å². The van der Waals surface area contributed by atoms with Crippen LogP contribution in [-0.4, -0.2) is 11.9 Å². The Morgan fingerprint density at radius 2 is 2.00 bits per heavy atom. The van der Waals surface area contributed by atoms with Crippen LogP contribution in [-0.2, 0) is 0 Å². The van der Waals surface area contributed by atoms with E-state index in [9.17, 15) is 4.79 Å². The Morgan fingerprint density at radius 1 is 1.35 bits per heavy atom. The summed E-state index contributed by atoms with van der Waals surface area (Å²) in [6.45, 7) is 7.79. The van der Waals surface area contributed by atoms with Gasteiger partial charge in [-0.2, -0.15) is 0 Å². The van der Waals surface area contributed by atoms with Crippen LogP contribution in [0.15, 0.2) is 35.9 Å². The third-order valence-electron chi connectivity index (χ3n) is 2.52. The molecule has 0 N–H and O–H groups in total. The van der Waals surface area contributed by atoms with E-state index in [2.05, 4.69) is 0 Å². The van der Waals surface area contributed by atoms with Gasteiger partial charge in [0.1, 0.15) is 5.75 Å². The van der Waals surface area contributed by atoms with Crippen molar-refractivity contribution >= 4 is 5.78 Å². The van der Waals surface area contributed by atoms with Crippen LogP contribution in [0.3, 0.4) is 0 Å². The van der Waals surface area contributed by atoms with Gasteiger partial charge in [-0.25, -0.2) is 0 Å². The van der Waals surface area contributed by atoms with E-state index in [-0.39, 0.29) is 11.9 Å². The lowest BCUT2D eigenvalue weighted by Crippen LogP contribution is -2.11. The Kier molecular flexibility index (Phi) is 4.95. The second-order valence-electron chi connectivity index (χ2n) is 4.16. The Balaban J connectivity index is 3.09. The zero-order chi connectivity index (χ0) is 12.8. The predicted molar refractivity (Wildman–Crippen MR) is 70.6 cm³/mol. The van der Waals surface area contributed by atoms with Gasteiger partial charge in [0.2, 0.25) is 0 Å². The Hall–Kier alpha value is -1.57. The average molecular weight is 232 g/mol. The SMILES string of the molecule is C/C=C(/CC)C(=O)c1ccccc1OC(C)C. The van der Waals surface area contributed by atoms with Crippen molar-refractivity contribution in [1.82, 2.24) is 0 Å². The molecule has 17 heavy (non-hydrogen) atoms. The van der Waals surface area contributed by atoms with Gasteiger partial charge in [-0.05, 0) is 44.9 Å². The first kappa shape index (κ1) is 13.5. The third-order valence-corrected chi connectivity index (χ3v) is 2.52. The number of ether oxygens (including phenoxy) is 1. The molecule has 0 aliphatic carbocycles.